The zero-order valence-corrected chi connectivity index (χ0v) is 19.8. The number of carbonyl (C=O) groups is 3. The summed E-state index contributed by atoms with van der Waals surface area (Å²) in [4.78, 5) is 40.4. The molecule has 0 aliphatic carbocycles. The summed E-state index contributed by atoms with van der Waals surface area (Å²) in [6, 6.07) is 13.9. The van der Waals surface area contributed by atoms with E-state index in [2.05, 4.69) is 29.4 Å². The number of benzene rings is 2. The van der Waals surface area contributed by atoms with Crippen molar-refractivity contribution in [3.63, 3.8) is 0 Å². The number of anilines is 1. The number of ether oxygens (including phenoxy) is 1. The second kappa shape index (κ2) is 10.1. The van der Waals surface area contributed by atoms with Crippen LogP contribution in [0.3, 0.4) is 0 Å². The number of hydrogen-bond acceptors (Lipinski definition) is 4. The van der Waals surface area contributed by atoms with Crippen LogP contribution in [0, 0.1) is 0 Å². The molecule has 1 fully saturated rings. The summed E-state index contributed by atoms with van der Waals surface area (Å²) in [7, 11) is 0.707. The van der Waals surface area contributed by atoms with Crippen molar-refractivity contribution in [1.29, 1.82) is 0 Å². The van der Waals surface area contributed by atoms with E-state index in [-0.39, 0.29) is 24.3 Å². The monoisotopic (exact) mass is 457 g/mol. The Hall–Kier alpha value is -3.00. The Balaban J connectivity index is 1.76. The minimum atomic E-state index is -0.904. The summed E-state index contributed by atoms with van der Waals surface area (Å²) in [6.07, 6.45) is 7.84. The summed E-state index contributed by atoms with van der Waals surface area (Å²) in [5.74, 6) is -0.108. The number of methoxy groups -OCH3 is 1. The van der Waals surface area contributed by atoms with Gasteiger partial charge >= 0.3 is 0 Å². The average molecular weight is 458 g/mol. The molecular formula is C24H31N3O4S. The molecule has 0 bridgehead atoms. The van der Waals surface area contributed by atoms with Crippen molar-refractivity contribution in [3.05, 3.63) is 54.1 Å². The largest absolute Gasteiger partial charge is 0.497 e. The fraction of sp³-hybridized carbons (Fsp3) is 0.375. The molecule has 0 saturated carbocycles. The van der Waals surface area contributed by atoms with E-state index >= 15 is 0 Å². The van der Waals surface area contributed by atoms with Crippen LogP contribution in [0.1, 0.15) is 24.4 Å². The van der Waals surface area contributed by atoms with Gasteiger partial charge in [-0.3, -0.25) is 14.4 Å². The normalized spacial score (nSPS) is 15.2. The fourth-order valence-corrected chi connectivity index (χ4v) is 4.46. The maximum absolute atomic E-state index is 13.2. The van der Waals surface area contributed by atoms with E-state index in [0.29, 0.717) is 30.0 Å². The Morgan fingerprint density at radius 2 is 1.72 bits per heavy atom. The van der Waals surface area contributed by atoms with E-state index in [1.807, 2.05) is 24.3 Å². The van der Waals surface area contributed by atoms with Gasteiger partial charge < -0.3 is 20.3 Å². The highest BCUT2D eigenvalue weighted by Gasteiger charge is 2.27. The molecule has 2 aromatic rings. The molecule has 1 unspecified atom stereocenters. The number of amides is 3. The van der Waals surface area contributed by atoms with E-state index in [4.69, 9.17) is 4.74 Å². The van der Waals surface area contributed by atoms with E-state index in [1.54, 1.807) is 31.4 Å². The Labute approximate surface area is 190 Å². The molecule has 2 aromatic carbocycles. The summed E-state index contributed by atoms with van der Waals surface area (Å²) in [6.45, 7) is 0.510. The third-order valence-corrected chi connectivity index (χ3v) is 7.04. The predicted octanol–water partition coefficient (Wildman–Crippen LogP) is 3.17. The van der Waals surface area contributed by atoms with Crippen molar-refractivity contribution in [3.8, 4) is 5.75 Å². The lowest BCUT2D eigenvalue weighted by Gasteiger charge is -2.26. The molecule has 32 heavy (non-hydrogen) atoms. The van der Waals surface area contributed by atoms with Gasteiger partial charge in [0.25, 0.3) is 5.91 Å². The first-order valence-electron chi connectivity index (χ1n) is 10.5. The molecule has 172 valence electrons. The minimum Gasteiger partial charge on any atom is -0.497 e. The average Bonchev–Trinajstić information content (AvgIpc) is 3.16. The summed E-state index contributed by atoms with van der Waals surface area (Å²) in [5.41, 5.74) is 1.28. The quantitative estimate of drug-likeness (QED) is 0.637. The molecule has 2 N–H and O–H groups in total. The van der Waals surface area contributed by atoms with Crippen LogP contribution in [0.2, 0.25) is 0 Å². The molecule has 1 saturated heterocycles. The van der Waals surface area contributed by atoms with Gasteiger partial charge in [0.2, 0.25) is 11.8 Å². The zero-order valence-electron chi connectivity index (χ0n) is 19.0. The van der Waals surface area contributed by atoms with Gasteiger partial charge in [-0.05, 0) is 72.0 Å². The Morgan fingerprint density at radius 3 is 2.25 bits per heavy atom. The Morgan fingerprint density at radius 1 is 1.06 bits per heavy atom. The van der Waals surface area contributed by atoms with Crippen LogP contribution in [0.4, 0.5) is 5.69 Å². The highest BCUT2D eigenvalue weighted by Crippen LogP contribution is 2.45. The van der Waals surface area contributed by atoms with Gasteiger partial charge in [0.1, 0.15) is 11.8 Å². The smallest absolute Gasteiger partial charge is 0.251 e. The molecule has 1 heterocycles. The van der Waals surface area contributed by atoms with E-state index in [0.717, 1.165) is 6.42 Å². The first-order chi connectivity index (χ1) is 15.2. The van der Waals surface area contributed by atoms with Crippen LogP contribution in [0.5, 0.6) is 5.75 Å². The van der Waals surface area contributed by atoms with Crippen LogP contribution in [-0.4, -0.2) is 61.6 Å². The number of carbonyl (C=O) groups excluding carboxylic acids is 3. The van der Waals surface area contributed by atoms with Crippen molar-refractivity contribution in [2.75, 3.05) is 44.3 Å². The SMILES string of the molecule is COc1ccc(C(NC(=O)CN2CCCC2=O)C(=O)Nc2ccc(S(C)(C)C)cc2)cc1. The molecule has 1 aliphatic rings. The molecular weight excluding hydrogens is 426 g/mol. The van der Waals surface area contributed by atoms with Crippen LogP contribution in [0.25, 0.3) is 0 Å². The lowest BCUT2D eigenvalue weighted by Crippen LogP contribution is -2.43. The van der Waals surface area contributed by atoms with Crippen molar-refractivity contribution >= 4 is 33.4 Å². The number of hydrogen-bond donors (Lipinski definition) is 2. The first kappa shape index (κ1) is 23.7. The number of rotatable bonds is 8. The number of likely N-dealkylation sites (tertiary alicyclic amines) is 1. The van der Waals surface area contributed by atoms with Crippen LogP contribution < -0.4 is 15.4 Å². The van der Waals surface area contributed by atoms with Crippen LogP contribution in [0.15, 0.2) is 53.4 Å². The predicted molar refractivity (Wildman–Crippen MR) is 128 cm³/mol. The number of nitrogens with one attached hydrogen (secondary N) is 2. The third-order valence-electron chi connectivity index (χ3n) is 5.35. The van der Waals surface area contributed by atoms with Gasteiger partial charge in [-0.15, -0.1) is 0 Å². The fourth-order valence-electron chi connectivity index (χ4n) is 3.51. The van der Waals surface area contributed by atoms with Crippen molar-refractivity contribution in [2.45, 2.75) is 23.8 Å². The zero-order chi connectivity index (χ0) is 23.3. The molecule has 8 heteroatoms. The third kappa shape index (κ3) is 6.03. The molecule has 0 spiro atoms. The van der Waals surface area contributed by atoms with Crippen molar-refractivity contribution < 1.29 is 19.1 Å². The first-order valence-corrected chi connectivity index (χ1v) is 13.3. The Kier molecular flexibility index (Phi) is 7.45. The maximum Gasteiger partial charge on any atom is 0.251 e. The molecule has 3 rings (SSSR count). The van der Waals surface area contributed by atoms with Crippen LogP contribution in [-0.2, 0) is 14.4 Å². The molecule has 1 atom stereocenters. The molecule has 7 nitrogen and oxygen atoms in total. The van der Waals surface area contributed by atoms with Crippen molar-refractivity contribution in [2.24, 2.45) is 0 Å². The van der Waals surface area contributed by atoms with E-state index < -0.39 is 16.1 Å². The lowest BCUT2D eigenvalue weighted by molar-refractivity contribution is -0.134. The van der Waals surface area contributed by atoms with Gasteiger partial charge in [-0.25, -0.2) is 10.0 Å². The van der Waals surface area contributed by atoms with Crippen LogP contribution >= 0.6 is 10.0 Å². The van der Waals surface area contributed by atoms with Gasteiger partial charge in [-0.1, -0.05) is 12.1 Å². The minimum absolute atomic E-state index is 0.0355. The second-order valence-electron chi connectivity index (χ2n) is 8.54. The molecule has 0 aromatic heterocycles. The summed E-state index contributed by atoms with van der Waals surface area (Å²) < 4.78 is 5.20. The van der Waals surface area contributed by atoms with Crippen molar-refractivity contribution in [1.82, 2.24) is 10.2 Å². The van der Waals surface area contributed by atoms with Gasteiger partial charge in [-0.2, -0.15) is 0 Å². The molecule has 1 aliphatic heterocycles. The Bertz CT molecular complexity index is 968. The van der Waals surface area contributed by atoms with E-state index in [1.165, 1.54) is 9.80 Å². The maximum atomic E-state index is 13.2. The lowest BCUT2D eigenvalue weighted by atomic mass is 10.1. The highest BCUT2D eigenvalue weighted by molar-refractivity contribution is 8.32. The van der Waals surface area contributed by atoms with Gasteiger partial charge in [0.05, 0.1) is 13.7 Å². The second-order valence-corrected chi connectivity index (χ2v) is 12.7. The van der Waals surface area contributed by atoms with Gasteiger partial charge in [0, 0.05) is 18.7 Å². The summed E-state index contributed by atoms with van der Waals surface area (Å²) >= 11 is 0. The standard InChI is InChI=1S/C24H31N3O4S/c1-31-19-11-7-17(8-12-19)23(26-21(28)16-27-15-5-6-22(27)29)24(30)25-18-9-13-20(14-10-18)32(2,3)4/h7-14,23H,5-6,15-16H2,1-4H3,(H,25,30)(H,26,28). The molecule has 0 radical (unpaired) electrons. The highest BCUT2D eigenvalue weighted by atomic mass is 32.3. The van der Waals surface area contributed by atoms with Gasteiger partial charge in [0.15, 0.2) is 0 Å². The van der Waals surface area contributed by atoms with E-state index in [9.17, 15) is 14.4 Å². The molecule has 3 amide bonds. The summed E-state index contributed by atoms with van der Waals surface area (Å²) in [5, 5.41) is 5.69. The topological polar surface area (TPSA) is 87.7 Å². The number of nitrogens with zero attached hydrogens (tertiary/aromatic N) is 1.